The topological polar surface area (TPSA) is 58.6 Å². The van der Waals surface area contributed by atoms with Crippen LogP contribution in [0.5, 0.6) is 0 Å². The monoisotopic (exact) mass is 334 g/mol. The molecule has 24 heavy (non-hydrogen) atoms. The maximum absolute atomic E-state index is 12.7. The summed E-state index contributed by atoms with van der Waals surface area (Å²) in [6.07, 6.45) is 0. The Morgan fingerprint density at radius 3 is 1.83 bits per heavy atom. The Morgan fingerprint density at radius 1 is 0.917 bits per heavy atom. The standard InChI is InChI=1S/C19H30N2O3/c1-17(2,3)20-16(23)19(7,8)21(18(4,5)6)24-15(22)14-12-10-9-11-13-14/h9-13H,1-8H3,(H,20,23). The van der Waals surface area contributed by atoms with Gasteiger partial charge in [0.05, 0.1) is 5.56 Å². The molecule has 0 heterocycles. The van der Waals surface area contributed by atoms with Crippen molar-refractivity contribution in [3.63, 3.8) is 0 Å². The van der Waals surface area contributed by atoms with E-state index in [1.165, 1.54) is 5.06 Å². The van der Waals surface area contributed by atoms with Gasteiger partial charge in [0.15, 0.2) is 0 Å². The van der Waals surface area contributed by atoms with Crippen LogP contribution in [0, 0.1) is 0 Å². The smallest absolute Gasteiger partial charge is 0.357 e. The van der Waals surface area contributed by atoms with Crippen molar-refractivity contribution < 1.29 is 14.4 Å². The predicted molar refractivity (Wildman–Crippen MR) is 95.4 cm³/mol. The predicted octanol–water partition coefficient (Wildman–Crippen LogP) is 3.55. The molecule has 0 aromatic heterocycles. The van der Waals surface area contributed by atoms with Crippen molar-refractivity contribution in [3.05, 3.63) is 35.9 Å². The summed E-state index contributed by atoms with van der Waals surface area (Å²) in [7, 11) is 0. The highest BCUT2D eigenvalue weighted by Crippen LogP contribution is 2.27. The Hall–Kier alpha value is -1.88. The first-order chi connectivity index (χ1) is 10.7. The second-order valence-corrected chi connectivity index (χ2v) is 8.47. The first-order valence-electron chi connectivity index (χ1n) is 8.15. The van der Waals surface area contributed by atoms with Gasteiger partial charge >= 0.3 is 5.97 Å². The average molecular weight is 334 g/mol. The fourth-order valence-corrected chi connectivity index (χ4v) is 2.39. The van der Waals surface area contributed by atoms with Crippen molar-refractivity contribution in [3.8, 4) is 0 Å². The molecule has 0 bridgehead atoms. The van der Waals surface area contributed by atoms with Gasteiger partial charge in [0.25, 0.3) is 0 Å². The van der Waals surface area contributed by atoms with Crippen LogP contribution in [0.1, 0.15) is 65.7 Å². The summed E-state index contributed by atoms with van der Waals surface area (Å²) in [6.45, 7) is 14.9. The molecule has 0 atom stereocenters. The van der Waals surface area contributed by atoms with E-state index in [4.69, 9.17) is 4.84 Å². The van der Waals surface area contributed by atoms with Crippen LogP contribution in [0.3, 0.4) is 0 Å². The molecule has 5 heteroatoms. The van der Waals surface area contributed by atoms with Crippen molar-refractivity contribution >= 4 is 11.9 Å². The zero-order valence-corrected chi connectivity index (χ0v) is 16.1. The van der Waals surface area contributed by atoms with Crippen LogP contribution < -0.4 is 5.32 Å². The maximum Gasteiger partial charge on any atom is 0.357 e. The first-order valence-corrected chi connectivity index (χ1v) is 8.15. The molecule has 0 saturated carbocycles. The lowest BCUT2D eigenvalue weighted by atomic mass is 9.95. The van der Waals surface area contributed by atoms with Gasteiger partial charge in [-0.2, -0.15) is 0 Å². The van der Waals surface area contributed by atoms with Crippen molar-refractivity contribution in [2.24, 2.45) is 0 Å². The van der Waals surface area contributed by atoms with Crippen LogP contribution in [-0.2, 0) is 9.63 Å². The minimum Gasteiger partial charge on any atom is -0.362 e. The summed E-state index contributed by atoms with van der Waals surface area (Å²) in [4.78, 5) is 30.8. The number of amides is 1. The van der Waals surface area contributed by atoms with Gasteiger partial charge in [-0.1, -0.05) is 18.2 Å². The molecular formula is C19H30N2O3. The number of carbonyl (C=O) groups excluding carboxylic acids is 2. The third-order valence-corrected chi connectivity index (χ3v) is 3.34. The Kier molecular flexibility index (Phi) is 5.82. The second-order valence-electron chi connectivity index (χ2n) is 8.47. The lowest BCUT2D eigenvalue weighted by Gasteiger charge is -2.44. The van der Waals surface area contributed by atoms with Gasteiger partial charge in [0.2, 0.25) is 5.91 Å². The van der Waals surface area contributed by atoms with E-state index >= 15 is 0 Å². The van der Waals surface area contributed by atoms with Gasteiger partial charge < -0.3 is 10.2 Å². The van der Waals surface area contributed by atoms with E-state index in [0.29, 0.717) is 5.56 Å². The van der Waals surface area contributed by atoms with Crippen molar-refractivity contribution in [2.45, 2.75) is 72.0 Å². The van der Waals surface area contributed by atoms with Gasteiger partial charge in [0.1, 0.15) is 5.54 Å². The lowest BCUT2D eigenvalue weighted by Crippen LogP contribution is -2.63. The van der Waals surface area contributed by atoms with E-state index in [0.717, 1.165) is 0 Å². The summed E-state index contributed by atoms with van der Waals surface area (Å²) in [5, 5.41) is 4.42. The fourth-order valence-electron chi connectivity index (χ4n) is 2.39. The minimum atomic E-state index is -1.03. The Morgan fingerprint density at radius 2 is 1.42 bits per heavy atom. The SMILES string of the molecule is CC(C)(C)NC(=O)C(C)(C)N(OC(=O)c1ccccc1)C(C)(C)C. The van der Waals surface area contributed by atoms with E-state index in [1.54, 1.807) is 38.1 Å². The molecule has 1 aromatic rings. The molecule has 1 rings (SSSR count). The van der Waals surface area contributed by atoms with Crippen LogP contribution in [0.25, 0.3) is 0 Å². The van der Waals surface area contributed by atoms with Gasteiger partial charge in [-0.3, -0.25) is 4.79 Å². The zero-order chi connectivity index (χ0) is 18.8. The molecule has 1 aromatic carbocycles. The van der Waals surface area contributed by atoms with Crippen LogP contribution in [0.2, 0.25) is 0 Å². The molecule has 0 saturated heterocycles. The number of nitrogens with zero attached hydrogens (tertiary/aromatic N) is 1. The fraction of sp³-hybridized carbons (Fsp3) is 0.579. The van der Waals surface area contributed by atoms with Crippen LogP contribution in [0.4, 0.5) is 0 Å². The molecule has 0 spiro atoms. The van der Waals surface area contributed by atoms with E-state index in [2.05, 4.69) is 5.32 Å². The van der Waals surface area contributed by atoms with Gasteiger partial charge in [-0.15, -0.1) is 5.06 Å². The third-order valence-electron chi connectivity index (χ3n) is 3.34. The Labute approximate surface area is 145 Å². The van der Waals surface area contributed by atoms with Gasteiger partial charge in [-0.25, -0.2) is 4.79 Å². The van der Waals surface area contributed by atoms with Gasteiger partial charge in [-0.05, 0) is 67.5 Å². The molecule has 0 aliphatic heterocycles. The maximum atomic E-state index is 12.7. The number of carbonyl (C=O) groups is 2. The number of benzene rings is 1. The highest BCUT2D eigenvalue weighted by Gasteiger charge is 2.45. The second kappa shape index (κ2) is 6.93. The van der Waals surface area contributed by atoms with E-state index in [1.807, 2.05) is 47.6 Å². The average Bonchev–Trinajstić information content (AvgIpc) is 2.42. The number of rotatable bonds is 4. The quantitative estimate of drug-likeness (QED) is 0.856. The highest BCUT2D eigenvalue weighted by molar-refractivity contribution is 5.90. The molecule has 134 valence electrons. The van der Waals surface area contributed by atoms with Crippen molar-refractivity contribution in [1.29, 1.82) is 0 Å². The number of nitrogens with one attached hydrogen (secondary N) is 1. The summed E-state index contributed by atoms with van der Waals surface area (Å²) < 4.78 is 0. The van der Waals surface area contributed by atoms with E-state index < -0.39 is 17.0 Å². The normalized spacial score (nSPS) is 12.9. The van der Waals surface area contributed by atoms with E-state index in [-0.39, 0.29) is 11.4 Å². The molecule has 0 radical (unpaired) electrons. The minimum absolute atomic E-state index is 0.203. The largest absolute Gasteiger partial charge is 0.362 e. The number of hydrogen-bond acceptors (Lipinski definition) is 4. The van der Waals surface area contributed by atoms with Crippen molar-refractivity contribution in [2.75, 3.05) is 0 Å². The highest BCUT2D eigenvalue weighted by atomic mass is 16.7. The molecule has 0 aliphatic rings. The molecule has 5 nitrogen and oxygen atoms in total. The van der Waals surface area contributed by atoms with E-state index in [9.17, 15) is 9.59 Å². The van der Waals surface area contributed by atoms with Crippen molar-refractivity contribution in [1.82, 2.24) is 10.4 Å². The zero-order valence-electron chi connectivity index (χ0n) is 16.1. The summed E-state index contributed by atoms with van der Waals surface area (Å²) in [6, 6.07) is 8.75. The lowest BCUT2D eigenvalue weighted by molar-refractivity contribution is -0.218. The molecule has 1 N–H and O–H groups in total. The molecule has 0 unspecified atom stereocenters. The molecule has 0 aliphatic carbocycles. The van der Waals surface area contributed by atoms with Gasteiger partial charge in [0, 0.05) is 11.1 Å². The first kappa shape index (κ1) is 20.2. The molecule has 1 amide bonds. The molecular weight excluding hydrogens is 304 g/mol. The number of hydroxylamine groups is 2. The van der Waals surface area contributed by atoms with Crippen LogP contribution in [0.15, 0.2) is 30.3 Å². The number of hydrogen-bond donors (Lipinski definition) is 1. The summed E-state index contributed by atoms with van der Waals surface area (Å²) in [5.41, 5.74) is -1.51. The Bertz CT molecular complexity index is 581. The third kappa shape index (κ3) is 5.34. The Balaban J connectivity index is 3.09. The van der Waals surface area contributed by atoms with Crippen LogP contribution >= 0.6 is 0 Å². The summed E-state index contributed by atoms with van der Waals surface area (Å²) in [5.74, 6) is -0.687. The molecule has 0 fully saturated rings. The summed E-state index contributed by atoms with van der Waals surface area (Å²) >= 11 is 0. The van der Waals surface area contributed by atoms with Crippen LogP contribution in [-0.4, -0.2) is 33.6 Å².